The number of para-hydroxylation sites is 1. The van der Waals surface area contributed by atoms with Crippen molar-refractivity contribution in [2.75, 3.05) is 18.9 Å². The zero-order valence-electron chi connectivity index (χ0n) is 9.68. The highest BCUT2D eigenvalue weighted by atomic mass is 16.5. The number of ether oxygens (including phenoxy) is 1. The van der Waals surface area contributed by atoms with Crippen LogP contribution in [0.5, 0.6) is 0 Å². The summed E-state index contributed by atoms with van der Waals surface area (Å²) < 4.78 is 7.17. The number of anilines is 1. The van der Waals surface area contributed by atoms with Gasteiger partial charge in [-0.15, -0.1) is 0 Å². The van der Waals surface area contributed by atoms with Gasteiger partial charge in [-0.25, -0.2) is 4.98 Å². The summed E-state index contributed by atoms with van der Waals surface area (Å²) in [7, 11) is 0. The van der Waals surface area contributed by atoms with E-state index in [1.165, 1.54) is 0 Å². The van der Waals surface area contributed by atoms with E-state index in [0.717, 1.165) is 5.52 Å². The summed E-state index contributed by atoms with van der Waals surface area (Å²) in [6, 6.07) is 7.59. The predicted molar refractivity (Wildman–Crippen MR) is 65.4 cm³/mol. The second kappa shape index (κ2) is 4.85. The molecule has 1 heterocycles. The molecule has 0 fully saturated rings. The van der Waals surface area contributed by atoms with E-state index in [4.69, 9.17) is 15.7 Å². The van der Waals surface area contributed by atoms with Crippen molar-refractivity contribution >= 4 is 17.0 Å². The molecule has 0 aliphatic rings. The molecule has 0 saturated heterocycles. The normalized spacial score (nSPS) is 10.6. The number of aromatic nitrogens is 2. The molecular weight excluding hydrogens is 216 g/mol. The lowest BCUT2D eigenvalue weighted by Crippen LogP contribution is -2.08. The van der Waals surface area contributed by atoms with Crippen LogP contribution >= 0.6 is 0 Å². The average molecular weight is 230 g/mol. The van der Waals surface area contributed by atoms with E-state index in [9.17, 15) is 0 Å². The number of nitrogens with two attached hydrogens (primary N) is 1. The van der Waals surface area contributed by atoms with Gasteiger partial charge in [0.1, 0.15) is 11.6 Å². The van der Waals surface area contributed by atoms with Crippen LogP contribution in [0, 0.1) is 11.3 Å². The summed E-state index contributed by atoms with van der Waals surface area (Å²) in [5.74, 6) is 0.419. The van der Waals surface area contributed by atoms with E-state index >= 15 is 0 Å². The Labute approximate surface area is 99.4 Å². The van der Waals surface area contributed by atoms with Gasteiger partial charge in [0.05, 0.1) is 17.7 Å². The Morgan fingerprint density at radius 1 is 1.53 bits per heavy atom. The fraction of sp³-hybridized carbons (Fsp3) is 0.333. The highest BCUT2D eigenvalue weighted by Crippen LogP contribution is 2.20. The number of nitrogens with zero attached hydrogens (tertiary/aromatic N) is 3. The van der Waals surface area contributed by atoms with Crippen molar-refractivity contribution in [1.82, 2.24) is 9.55 Å². The van der Waals surface area contributed by atoms with Crippen molar-refractivity contribution < 1.29 is 4.74 Å². The van der Waals surface area contributed by atoms with Crippen molar-refractivity contribution in [3.05, 3.63) is 23.8 Å². The lowest BCUT2D eigenvalue weighted by Gasteiger charge is -2.06. The minimum Gasteiger partial charge on any atom is -0.380 e. The molecular formula is C12H14N4O. The molecule has 0 unspecified atom stereocenters. The van der Waals surface area contributed by atoms with Crippen molar-refractivity contribution in [2.45, 2.75) is 13.5 Å². The van der Waals surface area contributed by atoms with Gasteiger partial charge in [-0.1, -0.05) is 6.07 Å². The SMILES string of the molecule is CCOCCn1c(N)nc2c(C#N)cccc21. The summed E-state index contributed by atoms with van der Waals surface area (Å²) in [5.41, 5.74) is 7.92. The Kier molecular flexibility index (Phi) is 3.26. The lowest BCUT2D eigenvalue weighted by atomic mass is 10.2. The van der Waals surface area contributed by atoms with Crippen LogP contribution in [0.25, 0.3) is 11.0 Å². The van der Waals surface area contributed by atoms with Crippen LogP contribution in [-0.2, 0) is 11.3 Å². The minimum absolute atomic E-state index is 0.419. The lowest BCUT2D eigenvalue weighted by molar-refractivity contribution is 0.140. The zero-order valence-corrected chi connectivity index (χ0v) is 9.68. The third kappa shape index (κ3) is 2.08. The van der Waals surface area contributed by atoms with Crippen LogP contribution < -0.4 is 5.73 Å². The first-order valence-electron chi connectivity index (χ1n) is 5.50. The first-order chi connectivity index (χ1) is 8.27. The number of rotatable bonds is 4. The molecule has 1 aromatic heterocycles. The van der Waals surface area contributed by atoms with Crippen LogP contribution in [0.2, 0.25) is 0 Å². The molecule has 2 N–H and O–H groups in total. The maximum absolute atomic E-state index is 8.99. The number of hydrogen-bond donors (Lipinski definition) is 1. The third-order valence-electron chi connectivity index (χ3n) is 2.59. The van der Waals surface area contributed by atoms with Crippen LogP contribution in [-0.4, -0.2) is 22.8 Å². The number of hydrogen-bond acceptors (Lipinski definition) is 4. The first kappa shape index (κ1) is 11.4. The maximum atomic E-state index is 8.99. The molecule has 0 aliphatic carbocycles. The standard InChI is InChI=1S/C12H14N4O/c1-2-17-7-6-16-10-5-3-4-9(8-13)11(10)15-12(16)14/h3-5H,2,6-7H2,1H3,(H2,14,15). The predicted octanol–water partition coefficient (Wildman–Crippen LogP) is 1.53. The van der Waals surface area contributed by atoms with Crippen molar-refractivity contribution in [3.8, 4) is 6.07 Å². The van der Waals surface area contributed by atoms with Gasteiger partial charge in [0.25, 0.3) is 0 Å². The summed E-state index contributed by atoms with van der Waals surface area (Å²) in [6.07, 6.45) is 0. The molecule has 0 bridgehead atoms. The first-order valence-corrected chi connectivity index (χ1v) is 5.50. The van der Waals surface area contributed by atoms with E-state index in [-0.39, 0.29) is 0 Å². The van der Waals surface area contributed by atoms with E-state index in [2.05, 4.69) is 11.1 Å². The Bertz CT molecular complexity index is 568. The van der Waals surface area contributed by atoms with Crippen molar-refractivity contribution in [2.24, 2.45) is 0 Å². The highest BCUT2D eigenvalue weighted by molar-refractivity contribution is 5.83. The van der Waals surface area contributed by atoms with Gasteiger partial charge < -0.3 is 15.0 Å². The Morgan fingerprint density at radius 3 is 3.06 bits per heavy atom. The quantitative estimate of drug-likeness (QED) is 0.808. The Morgan fingerprint density at radius 2 is 2.35 bits per heavy atom. The number of fused-ring (bicyclic) bond motifs is 1. The summed E-state index contributed by atoms with van der Waals surface area (Å²) in [6.45, 7) is 3.85. The number of imidazole rings is 1. The molecule has 2 rings (SSSR count). The average Bonchev–Trinajstić information content (AvgIpc) is 2.66. The molecule has 88 valence electrons. The van der Waals surface area contributed by atoms with Gasteiger partial charge in [0.15, 0.2) is 0 Å². The van der Waals surface area contributed by atoms with Crippen LogP contribution in [0.3, 0.4) is 0 Å². The number of nitriles is 1. The van der Waals surface area contributed by atoms with Gasteiger partial charge in [0, 0.05) is 13.2 Å². The largest absolute Gasteiger partial charge is 0.380 e. The van der Waals surface area contributed by atoms with Gasteiger partial charge in [-0.3, -0.25) is 0 Å². The van der Waals surface area contributed by atoms with Gasteiger partial charge >= 0.3 is 0 Å². The monoisotopic (exact) mass is 230 g/mol. The van der Waals surface area contributed by atoms with E-state index in [1.54, 1.807) is 6.07 Å². The molecule has 0 saturated carbocycles. The van der Waals surface area contributed by atoms with Gasteiger partial charge in [0.2, 0.25) is 5.95 Å². The van der Waals surface area contributed by atoms with Crippen LogP contribution in [0.15, 0.2) is 18.2 Å². The summed E-state index contributed by atoms with van der Waals surface area (Å²) in [5, 5.41) is 8.99. The van der Waals surface area contributed by atoms with Crippen LogP contribution in [0.1, 0.15) is 12.5 Å². The second-order valence-corrected chi connectivity index (χ2v) is 3.60. The molecule has 1 aromatic carbocycles. The fourth-order valence-corrected chi connectivity index (χ4v) is 1.79. The number of benzene rings is 1. The van der Waals surface area contributed by atoms with Crippen molar-refractivity contribution in [3.63, 3.8) is 0 Å². The van der Waals surface area contributed by atoms with E-state index in [0.29, 0.717) is 36.8 Å². The smallest absolute Gasteiger partial charge is 0.201 e. The highest BCUT2D eigenvalue weighted by Gasteiger charge is 2.10. The fourth-order valence-electron chi connectivity index (χ4n) is 1.79. The van der Waals surface area contributed by atoms with Gasteiger partial charge in [-0.2, -0.15) is 5.26 Å². The summed E-state index contributed by atoms with van der Waals surface area (Å²) >= 11 is 0. The van der Waals surface area contributed by atoms with Gasteiger partial charge in [-0.05, 0) is 19.1 Å². The maximum Gasteiger partial charge on any atom is 0.201 e. The van der Waals surface area contributed by atoms with Crippen LogP contribution in [0.4, 0.5) is 5.95 Å². The molecule has 0 aliphatic heterocycles. The molecule has 0 amide bonds. The number of nitrogen functional groups attached to an aromatic ring is 1. The molecule has 0 radical (unpaired) electrons. The van der Waals surface area contributed by atoms with E-state index < -0.39 is 0 Å². The van der Waals surface area contributed by atoms with Crippen molar-refractivity contribution in [1.29, 1.82) is 5.26 Å². The Hall–Kier alpha value is -2.06. The second-order valence-electron chi connectivity index (χ2n) is 3.60. The molecule has 0 spiro atoms. The third-order valence-corrected chi connectivity index (χ3v) is 2.59. The van der Waals surface area contributed by atoms with E-state index in [1.807, 2.05) is 23.6 Å². The zero-order chi connectivity index (χ0) is 12.3. The molecule has 5 nitrogen and oxygen atoms in total. The Balaban J connectivity index is 2.42. The minimum atomic E-state index is 0.419. The summed E-state index contributed by atoms with van der Waals surface area (Å²) in [4.78, 5) is 4.23. The molecule has 5 heteroatoms. The molecule has 2 aromatic rings. The topological polar surface area (TPSA) is 76.9 Å². The molecule has 17 heavy (non-hydrogen) atoms. The molecule has 0 atom stereocenters.